The van der Waals surface area contributed by atoms with Crippen LogP contribution in [-0.4, -0.2) is 10.5 Å². The van der Waals surface area contributed by atoms with Crippen molar-refractivity contribution >= 4 is 16.6 Å². The molecule has 0 atom stereocenters. The summed E-state index contributed by atoms with van der Waals surface area (Å²) in [7, 11) is 0. The van der Waals surface area contributed by atoms with Crippen molar-refractivity contribution in [1.29, 1.82) is 0 Å². The van der Waals surface area contributed by atoms with E-state index in [1.165, 1.54) is 0 Å². The Kier molecular flexibility index (Phi) is 3.03. The van der Waals surface area contributed by atoms with E-state index in [2.05, 4.69) is 43.2 Å². The maximum Gasteiger partial charge on any atom is 0.131 e. The Bertz CT molecular complexity index is 526. The minimum atomic E-state index is 0.0854. The molecular weight excluding hydrogens is 210 g/mol. The Morgan fingerprint density at radius 3 is 2.65 bits per heavy atom. The molecule has 0 saturated heterocycles. The molecule has 3 N–H and O–H groups in total. The van der Waals surface area contributed by atoms with Crippen LogP contribution in [0.15, 0.2) is 30.3 Å². The third kappa shape index (κ3) is 2.94. The molecule has 0 aliphatic heterocycles. The second-order valence-corrected chi connectivity index (χ2v) is 5.32. The van der Waals surface area contributed by atoms with E-state index in [-0.39, 0.29) is 5.54 Å². The van der Waals surface area contributed by atoms with Crippen LogP contribution in [0.4, 0.5) is 5.82 Å². The minimum Gasteiger partial charge on any atom is -0.383 e. The Labute approximate surface area is 102 Å². The largest absolute Gasteiger partial charge is 0.383 e. The third-order valence-electron chi connectivity index (χ3n) is 2.62. The van der Waals surface area contributed by atoms with Crippen molar-refractivity contribution in [3.05, 3.63) is 36.0 Å². The number of nitrogen functional groups attached to an aromatic ring is 1. The minimum absolute atomic E-state index is 0.0854. The van der Waals surface area contributed by atoms with Gasteiger partial charge in [-0.1, -0.05) is 24.3 Å². The van der Waals surface area contributed by atoms with E-state index in [9.17, 15) is 0 Å². The number of nitrogens with two attached hydrogens (primary N) is 1. The average Bonchev–Trinajstić information content (AvgIpc) is 2.26. The fraction of sp³-hybridized carbons (Fsp3) is 0.357. The lowest BCUT2D eigenvalue weighted by molar-refractivity contribution is 0.421. The molecule has 0 bridgehead atoms. The highest BCUT2D eigenvalue weighted by molar-refractivity contribution is 5.91. The Hall–Kier alpha value is -1.61. The standard InChI is InChI=1S/C14H19N3/c1-14(2,3)16-9-11-8-10-6-4-5-7-12(10)13(15)17-11/h4-8,16H,9H2,1-3H3,(H2,15,17). The zero-order valence-electron chi connectivity index (χ0n) is 10.6. The highest BCUT2D eigenvalue weighted by Crippen LogP contribution is 2.20. The number of hydrogen-bond donors (Lipinski definition) is 2. The maximum absolute atomic E-state index is 5.96. The van der Waals surface area contributed by atoms with Crippen molar-refractivity contribution in [2.75, 3.05) is 5.73 Å². The summed E-state index contributed by atoms with van der Waals surface area (Å²) in [6.07, 6.45) is 0. The monoisotopic (exact) mass is 229 g/mol. The maximum atomic E-state index is 5.96. The van der Waals surface area contributed by atoms with Gasteiger partial charge in [0.2, 0.25) is 0 Å². The van der Waals surface area contributed by atoms with Gasteiger partial charge in [-0.3, -0.25) is 0 Å². The smallest absolute Gasteiger partial charge is 0.131 e. The molecule has 90 valence electrons. The van der Waals surface area contributed by atoms with Gasteiger partial charge in [-0.2, -0.15) is 0 Å². The van der Waals surface area contributed by atoms with Crippen molar-refractivity contribution in [1.82, 2.24) is 10.3 Å². The van der Waals surface area contributed by atoms with E-state index in [1.807, 2.05) is 18.2 Å². The van der Waals surface area contributed by atoms with E-state index < -0.39 is 0 Å². The topological polar surface area (TPSA) is 50.9 Å². The normalized spacial score (nSPS) is 11.9. The molecule has 2 rings (SSSR count). The van der Waals surface area contributed by atoms with Crippen LogP contribution in [0.25, 0.3) is 10.8 Å². The Morgan fingerprint density at radius 2 is 1.94 bits per heavy atom. The molecule has 0 radical (unpaired) electrons. The van der Waals surface area contributed by atoms with Crippen LogP contribution in [0.5, 0.6) is 0 Å². The number of pyridine rings is 1. The van der Waals surface area contributed by atoms with E-state index in [4.69, 9.17) is 5.73 Å². The highest BCUT2D eigenvalue weighted by Gasteiger charge is 2.10. The lowest BCUT2D eigenvalue weighted by Gasteiger charge is -2.20. The lowest BCUT2D eigenvalue weighted by atomic mass is 10.1. The molecule has 1 heterocycles. The molecule has 0 amide bonds. The molecule has 3 heteroatoms. The van der Waals surface area contributed by atoms with Gasteiger partial charge in [0.15, 0.2) is 0 Å². The van der Waals surface area contributed by atoms with Gasteiger partial charge >= 0.3 is 0 Å². The number of fused-ring (bicyclic) bond motifs is 1. The summed E-state index contributed by atoms with van der Waals surface area (Å²) >= 11 is 0. The van der Waals surface area contributed by atoms with Crippen LogP contribution in [-0.2, 0) is 6.54 Å². The van der Waals surface area contributed by atoms with Crippen LogP contribution in [0.1, 0.15) is 26.5 Å². The number of benzene rings is 1. The molecule has 1 aromatic carbocycles. The first kappa shape index (κ1) is 11.9. The van der Waals surface area contributed by atoms with Gasteiger partial charge in [0.1, 0.15) is 5.82 Å². The van der Waals surface area contributed by atoms with E-state index >= 15 is 0 Å². The van der Waals surface area contributed by atoms with Crippen molar-refractivity contribution in [2.45, 2.75) is 32.9 Å². The van der Waals surface area contributed by atoms with Gasteiger partial charge < -0.3 is 11.1 Å². The van der Waals surface area contributed by atoms with Crippen molar-refractivity contribution in [3.63, 3.8) is 0 Å². The molecule has 0 saturated carbocycles. The van der Waals surface area contributed by atoms with Crippen LogP contribution < -0.4 is 11.1 Å². The number of nitrogens with one attached hydrogen (secondary N) is 1. The summed E-state index contributed by atoms with van der Waals surface area (Å²) in [5.74, 6) is 0.605. The van der Waals surface area contributed by atoms with Crippen molar-refractivity contribution in [2.24, 2.45) is 0 Å². The summed E-state index contributed by atoms with van der Waals surface area (Å²) in [5, 5.41) is 5.58. The highest BCUT2D eigenvalue weighted by atomic mass is 15.0. The number of rotatable bonds is 2. The van der Waals surface area contributed by atoms with Gasteiger partial charge in [-0.05, 0) is 32.2 Å². The quantitative estimate of drug-likeness (QED) is 0.832. The van der Waals surface area contributed by atoms with Gasteiger partial charge in [0.25, 0.3) is 0 Å². The van der Waals surface area contributed by atoms with Gasteiger partial charge in [-0.25, -0.2) is 4.98 Å². The second-order valence-electron chi connectivity index (χ2n) is 5.32. The van der Waals surface area contributed by atoms with Gasteiger partial charge in [0.05, 0.1) is 5.69 Å². The second kappa shape index (κ2) is 4.34. The van der Waals surface area contributed by atoms with E-state index in [0.717, 1.165) is 23.0 Å². The summed E-state index contributed by atoms with van der Waals surface area (Å²) in [6.45, 7) is 7.14. The molecule has 1 aromatic heterocycles. The first-order valence-electron chi connectivity index (χ1n) is 5.85. The van der Waals surface area contributed by atoms with Gasteiger partial charge in [-0.15, -0.1) is 0 Å². The molecule has 2 aromatic rings. The van der Waals surface area contributed by atoms with Crippen molar-refractivity contribution in [3.8, 4) is 0 Å². The predicted octanol–water partition coefficient (Wildman–Crippen LogP) is 2.71. The molecule has 17 heavy (non-hydrogen) atoms. The van der Waals surface area contributed by atoms with E-state index in [0.29, 0.717) is 5.82 Å². The number of nitrogens with zero attached hydrogens (tertiary/aromatic N) is 1. The zero-order chi connectivity index (χ0) is 12.5. The lowest BCUT2D eigenvalue weighted by Crippen LogP contribution is -2.35. The van der Waals surface area contributed by atoms with E-state index in [1.54, 1.807) is 0 Å². The summed E-state index contributed by atoms with van der Waals surface area (Å²) in [4.78, 5) is 4.42. The fourth-order valence-corrected chi connectivity index (χ4v) is 1.73. The first-order chi connectivity index (χ1) is 7.96. The van der Waals surface area contributed by atoms with Crippen LogP contribution in [0.3, 0.4) is 0 Å². The summed E-state index contributed by atoms with van der Waals surface area (Å²) in [6, 6.07) is 10.1. The van der Waals surface area contributed by atoms with Crippen LogP contribution in [0.2, 0.25) is 0 Å². The molecule has 0 aliphatic rings. The molecule has 0 fully saturated rings. The Balaban J connectivity index is 2.31. The Morgan fingerprint density at radius 1 is 1.24 bits per heavy atom. The number of anilines is 1. The zero-order valence-corrected chi connectivity index (χ0v) is 10.6. The molecule has 3 nitrogen and oxygen atoms in total. The van der Waals surface area contributed by atoms with Crippen LogP contribution >= 0.6 is 0 Å². The van der Waals surface area contributed by atoms with Crippen LogP contribution in [0, 0.1) is 0 Å². The molecular formula is C14H19N3. The van der Waals surface area contributed by atoms with Gasteiger partial charge in [0, 0.05) is 17.5 Å². The average molecular weight is 229 g/mol. The summed E-state index contributed by atoms with van der Waals surface area (Å²) < 4.78 is 0. The molecule has 0 unspecified atom stereocenters. The predicted molar refractivity (Wildman–Crippen MR) is 72.7 cm³/mol. The number of aromatic nitrogens is 1. The van der Waals surface area contributed by atoms with Crippen molar-refractivity contribution < 1.29 is 0 Å². The molecule has 0 spiro atoms. The third-order valence-corrected chi connectivity index (χ3v) is 2.62. The number of hydrogen-bond acceptors (Lipinski definition) is 3. The SMILES string of the molecule is CC(C)(C)NCc1cc2ccccc2c(N)n1. The summed E-state index contributed by atoms with van der Waals surface area (Å²) in [5.41, 5.74) is 7.03. The first-order valence-corrected chi connectivity index (χ1v) is 5.85. The molecule has 0 aliphatic carbocycles. The fourth-order valence-electron chi connectivity index (χ4n) is 1.73.